The van der Waals surface area contributed by atoms with E-state index in [4.69, 9.17) is 11.6 Å². The molecule has 0 aromatic heterocycles. The number of benzene rings is 1. The molecule has 0 aliphatic carbocycles. The zero-order valence-corrected chi connectivity index (χ0v) is 12.9. The summed E-state index contributed by atoms with van der Waals surface area (Å²) in [4.78, 5) is 12.1. The van der Waals surface area contributed by atoms with E-state index < -0.39 is 0 Å². The van der Waals surface area contributed by atoms with E-state index in [0.29, 0.717) is 16.3 Å². The van der Waals surface area contributed by atoms with Crippen molar-refractivity contribution in [3.63, 3.8) is 0 Å². The summed E-state index contributed by atoms with van der Waals surface area (Å²) >= 11 is 6.12. The zero-order valence-electron chi connectivity index (χ0n) is 12.2. The van der Waals surface area contributed by atoms with Gasteiger partial charge in [0.15, 0.2) is 0 Å². The van der Waals surface area contributed by atoms with Gasteiger partial charge in [-0.1, -0.05) is 48.9 Å². The first-order chi connectivity index (χ1) is 9.47. The molecule has 3 heteroatoms. The molecule has 0 unspecified atom stereocenters. The fourth-order valence-electron chi connectivity index (χ4n) is 1.55. The highest BCUT2D eigenvalue weighted by Gasteiger charge is 2.10. The van der Waals surface area contributed by atoms with Gasteiger partial charge >= 0.3 is 0 Å². The number of hydrogen-bond acceptors (Lipinski definition) is 1. The van der Waals surface area contributed by atoms with Crippen molar-refractivity contribution < 1.29 is 4.79 Å². The number of aryl methyl sites for hydroxylation is 1. The maximum atomic E-state index is 12.1. The number of amides is 1. The minimum Gasteiger partial charge on any atom is -0.323 e. The molecule has 0 atom stereocenters. The number of rotatable bonds is 5. The van der Waals surface area contributed by atoms with Crippen molar-refractivity contribution in [3.05, 3.63) is 70.4 Å². The first kappa shape index (κ1) is 16.3. The van der Waals surface area contributed by atoms with E-state index >= 15 is 0 Å². The fourth-order valence-corrected chi connectivity index (χ4v) is 1.83. The molecule has 1 aromatic carbocycles. The Morgan fingerprint density at radius 2 is 2.10 bits per heavy atom. The van der Waals surface area contributed by atoms with Crippen molar-refractivity contribution in [1.82, 2.24) is 5.32 Å². The second kappa shape index (κ2) is 7.71. The summed E-state index contributed by atoms with van der Waals surface area (Å²) in [5, 5.41) is 3.18. The minimum atomic E-state index is -0.245. The van der Waals surface area contributed by atoms with Gasteiger partial charge in [0.1, 0.15) is 0 Å². The molecule has 20 heavy (non-hydrogen) atoms. The smallest absolute Gasteiger partial charge is 0.257 e. The van der Waals surface area contributed by atoms with Crippen molar-refractivity contribution in [2.45, 2.75) is 27.2 Å². The van der Waals surface area contributed by atoms with E-state index in [1.807, 2.05) is 45.1 Å². The summed E-state index contributed by atoms with van der Waals surface area (Å²) in [6.07, 6.45) is 6.53. The molecule has 0 radical (unpaired) electrons. The number of nitrogens with one attached hydrogen (secondary N) is 1. The minimum absolute atomic E-state index is 0.245. The van der Waals surface area contributed by atoms with Gasteiger partial charge < -0.3 is 5.32 Å². The van der Waals surface area contributed by atoms with Gasteiger partial charge in [0, 0.05) is 5.70 Å². The lowest BCUT2D eigenvalue weighted by Gasteiger charge is -2.07. The van der Waals surface area contributed by atoms with E-state index in [1.54, 1.807) is 12.1 Å². The molecule has 0 aliphatic rings. The third-order valence-electron chi connectivity index (χ3n) is 2.96. The van der Waals surface area contributed by atoms with Crippen LogP contribution in [0.15, 0.2) is 54.3 Å². The summed E-state index contributed by atoms with van der Waals surface area (Å²) in [5.41, 5.74) is 3.20. The van der Waals surface area contributed by atoms with Gasteiger partial charge in [-0.15, -0.1) is 0 Å². The van der Waals surface area contributed by atoms with Gasteiger partial charge in [0.05, 0.1) is 10.6 Å². The summed E-state index contributed by atoms with van der Waals surface area (Å²) in [6.45, 7) is 9.78. The maximum Gasteiger partial charge on any atom is 0.257 e. The number of allylic oxidation sites excluding steroid dienone is 4. The first-order valence-electron chi connectivity index (χ1n) is 6.57. The number of carbonyl (C=O) groups excluding carboxylic acids is 1. The topological polar surface area (TPSA) is 29.1 Å². The Hall–Kier alpha value is -1.80. The van der Waals surface area contributed by atoms with Gasteiger partial charge in [-0.05, 0) is 44.0 Å². The first-order valence-corrected chi connectivity index (χ1v) is 6.95. The molecule has 1 amide bonds. The highest BCUT2D eigenvalue weighted by atomic mass is 35.5. The lowest BCUT2D eigenvalue weighted by atomic mass is 10.1. The Kier molecular flexibility index (Phi) is 6.26. The summed E-state index contributed by atoms with van der Waals surface area (Å²) < 4.78 is 0. The Bertz CT molecular complexity index is 570. The van der Waals surface area contributed by atoms with Crippen LogP contribution in [0, 0.1) is 0 Å². The summed E-state index contributed by atoms with van der Waals surface area (Å²) in [6, 6.07) is 5.47. The van der Waals surface area contributed by atoms with Crippen molar-refractivity contribution in [1.29, 1.82) is 0 Å². The monoisotopic (exact) mass is 289 g/mol. The molecule has 2 nitrogen and oxygen atoms in total. The molecule has 0 spiro atoms. The molecule has 0 saturated heterocycles. The maximum absolute atomic E-state index is 12.1. The van der Waals surface area contributed by atoms with Crippen LogP contribution in [0.1, 0.15) is 36.7 Å². The second-order valence-corrected chi connectivity index (χ2v) is 4.92. The van der Waals surface area contributed by atoms with Gasteiger partial charge in [0.2, 0.25) is 0 Å². The van der Waals surface area contributed by atoms with Crippen LogP contribution < -0.4 is 5.32 Å². The Morgan fingerprint density at radius 3 is 2.65 bits per heavy atom. The van der Waals surface area contributed by atoms with Gasteiger partial charge in [-0.2, -0.15) is 0 Å². The Labute approximate surface area is 125 Å². The van der Waals surface area contributed by atoms with Gasteiger partial charge in [0.25, 0.3) is 5.91 Å². The van der Waals surface area contributed by atoms with E-state index in [0.717, 1.165) is 17.6 Å². The molecule has 0 fully saturated rings. The molecule has 106 valence electrons. The van der Waals surface area contributed by atoms with Crippen LogP contribution in [-0.2, 0) is 6.42 Å². The highest BCUT2D eigenvalue weighted by molar-refractivity contribution is 6.34. The quantitative estimate of drug-likeness (QED) is 0.784. The largest absolute Gasteiger partial charge is 0.323 e. The zero-order chi connectivity index (χ0) is 15.1. The van der Waals surface area contributed by atoms with Crippen molar-refractivity contribution in [2.75, 3.05) is 0 Å². The molecule has 1 rings (SSSR count). The molecule has 0 aliphatic heterocycles. The number of carbonyl (C=O) groups is 1. The molecule has 0 heterocycles. The normalized spacial score (nSPS) is 11.7. The predicted molar refractivity (Wildman–Crippen MR) is 86.0 cm³/mol. The van der Waals surface area contributed by atoms with E-state index in [1.165, 1.54) is 0 Å². The van der Waals surface area contributed by atoms with Crippen molar-refractivity contribution in [2.24, 2.45) is 0 Å². The molecule has 0 bridgehead atoms. The van der Waals surface area contributed by atoms with E-state index in [-0.39, 0.29) is 5.91 Å². The van der Waals surface area contributed by atoms with Crippen molar-refractivity contribution in [3.8, 4) is 0 Å². The highest BCUT2D eigenvalue weighted by Crippen LogP contribution is 2.18. The molecule has 0 saturated carbocycles. The lowest BCUT2D eigenvalue weighted by molar-refractivity contribution is 0.0967. The molecule has 1 aromatic rings. The van der Waals surface area contributed by atoms with Crippen LogP contribution in [0.3, 0.4) is 0 Å². The Morgan fingerprint density at radius 1 is 1.40 bits per heavy atom. The number of halogens is 1. The fraction of sp³-hybridized carbons (Fsp3) is 0.235. The van der Waals surface area contributed by atoms with E-state index in [9.17, 15) is 4.79 Å². The third kappa shape index (κ3) is 4.71. The van der Waals surface area contributed by atoms with Crippen molar-refractivity contribution >= 4 is 17.5 Å². The van der Waals surface area contributed by atoms with Crippen LogP contribution in [0.25, 0.3) is 0 Å². The van der Waals surface area contributed by atoms with Crippen LogP contribution in [0.5, 0.6) is 0 Å². The third-order valence-corrected chi connectivity index (χ3v) is 3.28. The molecular weight excluding hydrogens is 270 g/mol. The average Bonchev–Trinajstić information content (AvgIpc) is 2.44. The van der Waals surface area contributed by atoms with E-state index in [2.05, 4.69) is 11.9 Å². The molecular formula is C17H20ClNO. The van der Waals surface area contributed by atoms with Gasteiger partial charge in [-0.25, -0.2) is 0 Å². The van der Waals surface area contributed by atoms with Crippen LogP contribution >= 0.6 is 11.6 Å². The molecule has 1 N–H and O–H groups in total. The summed E-state index contributed by atoms with van der Waals surface area (Å²) in [5.74, 6) is -0.245. The Balaban J connectivity index is 2.77. The second-order valence-electron chi connectivity index (χ2n) is 4.51. The SMILES string of the molecule is C=C(/C=C\C(C)=C/C)NC(=O)c1ccc(CC)cc1Cl. The lowest BCUT2D eigenvalue weighted by Crippen LogP contribution is -2.21. The average molecular weight is 290 g/mol. The summed E-state index contributed by atoms with van der Waals surface area (Å²) in [7, 11) is 0. The van der Waals surface area contributed by atoms with Gasteiger partial charge in [-0.3, -0.25) is 4.79 Å². The standard InChI is InChI=1S/C17H20ClNO/c1-5-12(3)7-8-13(4)19-17(20)15-10-9-14(6-2)11-16(15)18/h5,7-11H,4,6H2,1-3H3,(H,19,20)/b8-7-,12-5-. The predicted octanol–water partition coefficient (Wildman–Crippen LogP) is 4.67. The van der Waals surface area contributed by atoms with Crippen LogP contribution in [-0.4, -0.2) is 5.91 Å². The van der Waals surface area contributed by atoms with Crippen LogP contribution in [0.2, 0.25) is 5.02 Å². The number of hydrogen-bond donors (Lipinski definition) is 1. The van der Waals surface area contributed by atoms with Crippen LogP contribution in [0.4, 0.5) is 0 Å².